The van der Waals surface area contributed by atoms with Gasteiger partial charge in [-0.1, -0.05) is 41.9 Å². The number of hydrogen-bond donors (Lipinski definition) is 1. The topological polar surface area (TPSA) is 109 Å². The van der Waals surface area contributed by atoms with Crippen molar-refractivity contribution in [1.29, 1.82) is 0 Å². The molecule has 0 radical (unpaired) electrons. The molecule has 0 saturated heterocycles. The maximum absolute atomic E-state index is 13.4. The Balaban J connectivity index is 1.68. The highest BCUT2D eigenvalue weighted by Crippen LogP contribution is 2.27. The zero-order valence-corrected chi connectivity index (χ0v) is 20.9. The van der Waals surface area contributed by atoms with Crippen LogP contribution in [0, 0.1) is 0 Å². The summed E-state index contributed by atoms with van der Waals surface area (Å²) in [6.07, 6.45) is -0.0300. The van der Waals surface area contributed by atoms with Crippen LogP contribution in [-0.2, 0) is 29.1 Å². The molecular formula is C27H24ClN3O6. The fraction of sp³-hybridized carbons (Fsp3) is 0.185. The maximum atomic E-state index is 13.4. The molecule has 0 bridgehead atoms. The van der Waals surface area contributed by atoms with Gasteiger partial charge >= 0.3 is 5.69 Å². The molecule has 4 rings (SSSR count). The second-order valence-electron chi connectivity index (χ2n) is 8.20. The van der Waals surface area contributed by atoms with Crippen LogP contribution in [0.1, 0.15) is 5.56 Å². The number of nitrogens with zero attached hydrogens (tertiary/aromatic N) is 2. The molecule has 4 aromatic rings. The second kappa shape index (κ2) is 11.1. The summed E-state index contributed by atoms with van der Waals surface area (Å²) in [6, 6.07) is 18.2. The Morgan fingerprint density at radius 1 is 0.865 bits per heavy atom. The lowest BCUT2D eigenvalue weighted by Crippen LogP contribution is -2.43. The molecule has 1 N–H and O–H groups in total. The smallest absolute Gasteiger partial charge is 0.332 e. The van der Waals surface area contributed by atoms with Gasteiger partial charge < -0.3 is 14.8 Å². The van der Waals surface area contributed by atoms with Crippen molar-refractivity contribution in [3.05, 3.63) is 98.2 Å². The standard InChI is InChI=1S/C27H24ClN3O6/c1-36-23-10-6-3-7-17(23)13-19(32)15-31-26(34)20-8-4-5-9-22(20)30(27(31)35)16-25(33)29-21-14-18(28)11-12-24(21)37-2/h3-12,14H,13,15-16H2,1-2H3,(H,29,33). The van der Waals surface area contributed by atoms with E-state index in [9.17, 15) is 19.2 Å². The number of methoxy groups -OCH3 is 2. The molecule has 0 aliphatic rings. The van der Waals surface area contributed by atoms with Crippen LogP contribution in [0.4, 0.5) is 5.69 Å². The largest absolute Gasteiger partial charge is 0.496 e. The summed E-state index contributed by atoms with van der Waals surface area (Å²) in [6.45, 7) is -0.861. The number of rotatable bonds is 9. The summed E-state index contributed by atoms with van der Waals surface area (Å²) in [5, 5.41) is 3.28. The summed E-state index contributed by atoms with van der Waals surface area (Å²) in [5.41, 5.74) is -0.136. The van der Waals surface area contributed by atoms with Crippen LogP contribution in [-0.4, -0.2) is 35.0 Å². The Morgan fingerprint density at radius 2 is 1.57 bits per heavy atom. The van der Waals surface area contributed by atoms with Crippen molar-refractivity contribution < 1.29 is 19.1 Å². The Bertz CT molecular complexity index is 1610. The van der Waals surface area contributed by atoms with E-state index in [1.54, 1.807) is 60.7 Å². The number of nitrogens with one attached hydrogen (secondary N) is 1. The van der Waals surface area contributed by atoms with E-state index in [1.807, 2.05) is 0 Å². The number of hydrogen-bond acceptors (Lipinski definition) is 6. The van der Waals surface area contributed by atoms with Crippen LogP contribution in [0.2, 0.25) is 5.02 Å². The number of fused-ring (bicyclic) bond motifs is 1. The number of ketones is 1. The Labute approximate surface area is 216 Å². The van der Waals surface area contributed by atoms with Crippen molar-refractivity contribution in [2.45, 2.75) is 19.5 Å². The number of ether oxygens (including phenoxy) is 2. The number of anilines is 1. The van der Waals surface area contributed by atoms with E-state index in [-0.39, 0.29) is 23.1 Å². The number of halogens is 1. The Hall–Kier alpha value is -4.37. The summed E-state index contributed by atoms with van der Waals surface area (Å²) in [7, 11) is 2.95. The van der Waals surface area contributed by atoms with E-state index in [4.69, 9.17) is 21.1 Å². The fourth-order valence-corrected chi connectivity index (χ4v) is 4.24. The molecule has 0 fully saturated rings. The molecular weight excluding hydrogens is 498 g/mol. The zero-order valence-electron chi connectivity index (χ0n) is 20.2. The van der Waals surface area contributed by atoms with E-state index < -0.39 is 30.2 Å². The van der Waals surface area contributed by atoms with Gasteiger partial charge in [-0.2, -0.15) is 0 Å². The van der Waals surface area contributed by atoms with Gasteiger partial charge in [-0.15, -0.1) is 0 Å². The van der Waals surface area contributed by atoms with Crippen LogP contribution >= 0.6 is 11.6 Å². The molecule has 1 heterocycles. The predicted molar refractivity (Wildman–Crippen MR) is 141 cm³/mol. The summed E-state index contributed by atoms with van der Waals surface area (Å²) in [4.78, 5) is 52.4. The highest BCUT2D eigenvalue weighted by molar-refractivity contribution is 6.31. The first-order chi connectivity index (χ1) is 17.8. The lowest BCUT2D eigenvalue weighted by Gasteiger charge is -2.15. The van der Waals surface area contributed by atoms with E-state index in [1.165, 1.54) is 24.9 Å². The number of carbonyl (C=O) groups excluding carboxylic acids is 2. The first-order valence-electron chi connectivity index (χ1n) is 11.3. The SMILES string of the molecule is COc1ccccc1CC(=O)Cn1c(=O)c2ccccc2n(CC(=O)Nc2cc(Cl)ccc2OC)c1=O. The maximum Gasteiger partial charge on any atom is 0.332 e. The average molecular weight is 522 g/mol. The third kappa shape index (κ3) is 5.57. The van der Waals surface area contributed by atoms with Crippen molar-refractivity contribution in [3.8, 4) is 11.5 Å². The van der Waals surface area contributed by atoms with Gasteiger partial charge in [0, 0.05) is 17.0 Å². The van der Waals surface area contributed by atoms with Crippen LogP contribution in [0.25, 0.3) is 10.9 Å². The van der Waals surface area contributed by atoms with Gasteiger partial charge in [0.15, 0.2) is 5.78 Å². The normalized spacial score (nSPS) is 10.8. The predicted octanol–water partition coefficient (Wildman–Crippen LogP) is 3.28. The molecule has 10 heteroatoms. The fourth-order valence-electron chi connectivity index (χ4n) is 4.07. The highest BCUT2D eigenvalue weighted by atomic mass is 35.5. The minimum atomic E-state index is -0.773. The minimum Gasteiger partial charge on any atom is -0.496 e. The summed E-state index contributed by atoms with van der Waals surface area (Å²) < 4.78 is 12.6. The van der Waals surface area contributed by atoms with E-state index >= 15 is 0 Å². The molecule has 3 aromatic carbocycles. The molecule has 0 aliphatic heterocycles. The van der Waals surface area contributed by atoms with Gasteiger partial charge in [0.25, 0.3) is 5.56 Å². The van der Waals surface area contributed by atoms with Gasteiger partial charge in [0.05, 0.1) is 37.4 Å². The first kappa shape index (κ1) is 25.7. The molecule has 1 amide bonds. The van der Waals surface area contributed by atoms with Crippen molar-refractivity contribution >= 4 is 39.9 Å². The van der Waals surface area contributed by atoms with Crippen LogP contribution in [0.5, 0.6) is 11.5 Å². The number of para-hydroxylation sites is 2. The first-order valence-corrected chi connectivity index (χ1v) is 11.7. The van der Waals surface area contributed by atoms with Gasteiger partial charge in [-0.3, -0.25) is 23.5 Å². The molecule has 0 saturated carbocycles. The van der Waals surface area contributed by atoms with E-state index in [2.05, 4.69) is 5.32 Å². The molecule has 1 aromatic heterocycles. The van der Waals surface area contributed by atoms with E-state index in [0.29, 0.717) is 27.8 Å². The van der Waals surface area contributed by atoms with Crippen LogP contribution in [0.3, 0.4) is 0 Å². The molecule has 190 valence electrons. The van der Waals surface area contributed by atoms with Crippen LogP contribution < -0.4 is 26.0 Å². The summed E-state index contributed by atoms with van der Waals surface area (Å²) >= 11 is 6.04. The summed E-state index contributed by atoms with van der Waals surface area (Å²) in [5.74, 6) is 0.0195. The third-order valence-electron chi connectivity index (χ3n) is 5.78. The number of carbonyl (C=O) groups is 2. The van der Waals surface area contributed by atoms with Crippen LogP contribution in [0.15, 0.2) is 76.3 Å². The van der Waals surface area contributed by atoms with Crippen molar-refractivity contribution in [3.63, 3.8) is 0 Å². The second-order valence-corrected chi connectivity index (χ2v) is 8.63. The number of amides is 1. The third-order valence-corrected chi connectivity index (χ3v) is 6.02. The Morgan fingerprint density at radius 3 is 2.32 bits per heavy atom. The lowest BCUT2D eigenvalue weighted by atomic mass is 10.1. The van der Waals surface area contributed by atoms with Gasteiger partial charge in [0.2, 0.25) is 5.91 Å². The van der Waals surface area contributed by atoms with Crippen molar-refractivity contribution in [2.24, 2.45) is 0 Å². The number of Topliss-reactive ketones (excluding diaryl/α,β-unsaturated/α-hetero) is 1. The molecule has 0 aliphatic carbocycles. The van der Waals surface area contributed by atoms with Gasteiger partial charge in [0.1, 0.15) is 18.0 Å². The van der Waals surface area contributed by atoms with Crippen molar-refractivity contribution in [1.82, 2.24) is 9.13 Å². The lowest BCUT2D eigenvalue weighted by molar-refractivity contribution is -0.119. The van der Waals surface area contributed by atoms with Gasteiger partial charge in [-0.25, -0.2) is 4.79 Å². The quantitative estimate of drug-likeness (QED) is 0.362. The highest BCUT2D eigenvalue weighted by Gasteiger charge is 2.19. The van der Waals surface area contributed by atoms with Gasteiger partial charge in [-0.05, 0) is 36.4 Å². The number of aromatic nitrogens is 2. The Kier molecular flexibility index (Phi) is 7.74. The monoisotopic (exact) mass is 521 g/mol. The van der Waals surface area contributed by atoms with Crippen molar-refractivity contribution in [2.75, 3.05) is 19.5 Å². The molecule has 0 unspecified atom stereocenters. The average Bonchev–Trinajstić information content (AvgIpc) is 2.89. The molecule has 37 heavy (non-hydrogen) atoms. The van der Waals surface area contributed by atoms with E-state index in [0.717, 1.165) is 4.57 Å². The number of benzene rings is 3. The molecule has 0 atom stereocenters. The molecule has 0 spiro atoms. The molecule has 9 nitrogen and oxygen atoms in total. The minimum absolute atomic E-state index is 0.0300. The zero-order chi connectivity index (χ0) is 26.5.